The number of rotatable bonds is 21. The number of aliphatic imine (C=N–C) groups is 1. The number of aliphatic hydroxyl groups is 1. The number of alkyl halides is 8. The third-order valence-corrected chi connectivity index (χ3v) is 13.6. The molecule has 0 unspecified atom stereocenters. The number of benzene rings is 3. The summed E-state index contributed by atoms with van der Waals surface area (Å²) >= 11 is 0. The first-order valence-electron chi connectivity index (χ1n) is 24.8. The molecule has 0 bridgehead atoms. The fraction of sp³-hybridized carbons (Fsp3) is 0.426. The number of hydrogen-bond donors (Lipinski definition) is 6. The summed E-state index contributed by atoms with van der Waals surface area (Å²) in [4.78, 5) is 74.6. The number of imidazole rings is 1. The van der Waals surface area contributed by atoms with E-state index >= 15 is 8.78 Å². The van der Waals surface area contributed by atoms with Crippen molar-refractivity contribution in [3.8, 4) is 23.1 Å². The first kappa shape index (κ1) is 64.6. The average molecular weight is 1170 g/mol. The Balaban J connectivity index is 1.48. The number of ether oxygens (including phenoxy) is 2. The Morgan fingerprint density at radius 1 is 0.829 bits per heavy atom. The molecule has 28 heteroatoms. The van der Waals surface area contributed by atoms with Gasteiger partial charge in [-0.2, -0.15) is 35.1 Å². The SMILES string of the molecule is COC(=O)N[C@H](C(=O)NCN(CCc1c(F)cc(/C(N)=C/C=N/C(F)F)cc1F)C[C@H](O)[C@H](Cc1ccc(C#Cc2ccc(-c3cn4c(n3)CN(C)C(=O)C4)cc2)cc1)NC(=O)[C@@H](NC(=O)OC)C(C)(C)C(F)(F)F)C(C)(C)C(F)(F)F. The molecule has 7 N–H and O–H groups in total. The van der Waals surface area contributed by atoms with E-state index in [2.05, 4.69) is 41.9 Å². The van der Waals surface area contributed by atoms with E-state index in [-0.39, 0.29) is 23.7 Å². The van der Waals surface area contributed by atoms with Crippen molar-refractivity contribution in [2.45, 2.75) is 96.8 Å². The lowest BCUT2D eigenvalue weighted by Gasteiger charge is -2.37. The van der Waals surface area contributed by atoms with Gasteiger partial charge in [0.05, 0.1) is 56.1 Å². The zero-order valence-corrected chi connectivity index (χ0v) is 45.2. The average Bonchev–Trinajstić information content (AvgIpc) is 3.87. The normalized spacial score (nSPS) is 14.8. The molecule has 4 atom stereocenters. The number of carbonyl (C=O) groups excluding carboxylic acids is 5. The minimum atomic E-state index is -5.15. The summed E-state index contributed by atoms with van der Waals surface area (Å²) in [5, 5.41) is 20.3. The standard InChI is InChI=1S/C54H60F10N10O8/c1-51(2,53(59,60)61)44(70-49(79)81-6)46(77)67-29-73(21-19-35-36(55)23-34(24-37(35)56)38(65)18-20-66-48(57)58)26-41(75)39(69-47(78)45(71-50(80)82-7)52(3,4)54(62,63)64)22-32-12-10-30(11-13-32)8-9-31-14-16-33(17-15-31)40-25-74-28-43(76)72(5)27-42(74)68-40/h10-18,20,23-25,39,41,44-45,48,75H,19,21-22,26-29,65H2,1-7H3,(H,67,77)(H,69,78)(H,70,79)(H,71,80)/b38-18-,66-20+/t39-,41-,44+,45+/m0/s1. The predicted octanol–water partition coefficient (Wildman–Crippen LogP) is 6.43. The maximum absolute atomic E-state index is 15.7. The number of methoxy groups -OCH3 is 2. The van der Waals surface area contributed by atoms with Crippen LogP contribution in [0.15, 0.2) is 77.9 Å². The lowest BCUT2D eigenvalue weighted by molar-refractivity contribution is -0.220. The maximum atomic E-state index is 15.7. The molecule has 4 aromatic rings. The van der Waals surface area contributed by atoms with Crippen LogP contribution in [0.4, 0.5) is 53.5 Å². The van der Waals surface area contributed by atoms with Crippen LogP contribution in [-0.2, 0) is 49.8 Å². The van der Waals surface area contributed by atoms with Gasteiger partial charge in [0.25, 0.3) is 0 Å². The molecular formula is C54H60F10N10O8. The number of halogens is 10. The van der Waals surface area contributed by atoms with E-state index < -0.39 is 128 Å². The Kier molecular flexibility index (Phi) is 21.3. The molecule has 0 spiro atoms. The molecule has 0 saturated heterocycles. The Morgan fingerprint density at radius 2 is 1.35 bits per heavy atom. The third kappa shape index (κ3) is 16.7. The highest BCUT2D eigenvalue weighted by Gasteiger charge is 2.57. The van der Waals surface area contributed by atoms with Crippen molar-refractivity contribution in [2.75, 3.05) is 41.0 Å². The fourth-order valence-corrected chi connectivity index (χ4v) is 8.13. The summed E-state index contributed by atoms with van der Waals surface area (Å²) in [5.74, 6) is 1.29. The fourth-order valence-electron chi connectivity index (χ4n) is 8.13. The van der Waals surface area contributed by atoms with Gasteiger partial charge in [-0.1, -0.05) is 36.1 Å². The van der Waals surface area contributed by atoms with Gasteiger partial charge in [0, 0.05) is 66.1 Å². The van der Waals surface area contributed by atoms with Crippen LogP contribution < -0.4 is 27.0 Å². The van der Waals surface area contributed by atoms with Crippen molar-refractivity contribution in [1.82, 2.24) is 40.6 Å². The van der Waals surface area contributed by atoms with Gasteiger partial charge in [-0.15, -0.1) is 0 Å². The van der Waals surface area contributed by atoms with Gasteiger partial charge in [0.1, 0.15) is 36.1 Å². The molecule has 5 amide bonds. The number of allylic oxidation sites excluding steroid dienone is 1. The lowest BCUT2D eigenvalue weighted by atomic mass is 9.82. The number of nitrogens with two attached hydrogens (primary N) is 1. The highest BCUT2D eigenvalue weighted by molar-refractivity contribution is 5.88. The van der Waals surface area contributed by atoms with Gasteiger partial charge in [0.15, 0.2) is 0 Å². The number of likely N-dealkylation sites (N-methyl/N-ethyl adjacent to an activating group) is 1. The summed E-state index contributed by atoms with van der Waals surface area (Å²) in [6.45, 7) is -2.36. The third-order valence-electron chi connectivity index (χ3n) is 13.6. The van der Waals surface area contributed by atoms with Crippen molar-refractivity contribution in [3.05, 3.63) is 118 Å². The number of nitrogens with one attached hydrogen (secondary N) is 4. The molecule has 0 radical (unpaired) electrons. The van der Waals surface area contributed by atoms with Crippen molar-refractivity contribution < 1.29 is 82.5 Å². The van der Waals surface area contributed by atoms with Crippen molar-refractivity contribution >= 4 is 41.8 Å². The zero-order chi connectivity index (χ0) is 61.1. The molecule has 1 aliphatic rings. The molecular weight excluding hydrogens is 1110 g/mol. The molecule has 2 heterocycles. The van der Waals surface area contributed by atoms with Crippen LogP contribution in [0, 0.1) is 34.3 Å². The number of fused-ring (bicyclic) bond motifs is 1. The zero-order valence-electron chi connectivity index (χ0n) is 45.2. The topological polar surface area (TPSA) is 235 Å². The van der Waals surface area contributed by atoms with Crippen LogP contribution in [0.1, 0.15) is 61.3 Å². The molecule has 82 heavy (non-hydrogen) atoms. The summed E-state index contributed by atoms with van der Waals surface area (Å²) in [6.07, 6.45) is -12.9. The van der Waals surface area contributed by atoms with E-state index in [9.17, 15) is 64.2 Å². The largest absolute Gasteiger partial charge is 0.453 e. The summed E-state index contributed by atoms with van der Waals surface area (Å²) in [5.41, 5.74) is 1.33. The Morgan fingerprint density at radius 3 is 1.87 bits per heavy atom. The highest BCUT2D eigenvalue weighted by Crippen LogP contribution is 2.42. The number of carbonyl (C=O) groups is 5. The Hall–Kier alpha value is -8.19. The highest BCUT2D eigenvalue weighted by atomic mass is 19.4. The van der Waals surface area contributed by atoms with Gasteiger partial charge in [-0.05, 0) is 88.6 Å². The van der Waals surface area contributed by atoms with E-state index in [0.717, 1.165) is 48.7 Å². The Labute approximate surface area is 464 Å². The monoisotopic (exact) mass is 1170 g/mol. The number of aromatic nitrogens is 2. The molecule has 444 valence electrons. The number of hydrogen-bond acceptors (Lipinski definition) is 12. The maximum Gasteiger partial charge on any atom is 0.407 e. The minimum Gasteiger partial charge on any atom is -0.453 e. The van der Waals surface area contributed by atoms with Gasteiger partial charge in [-0.25, -0.2) is 28.3 Å². The van der Waals surface area contributed by atoms with Gasteiger partial charge in [-0.3, -0.25) is 19.3 Å². The van der Waals surface area contributed by atoms with E-state index in [1.807, 2.05) is 22.8 Å². The number of aliphatic hydroxyl groups excluding tert-OH is 1. The lowest BCUT2D eigenvalue weighted by Crippen LogP contribution is -2.62. The van der Waals surface area contributed by atoms with E-state index in [1.165, 1.54) is 12.1 Å². The molecule has 1 aliphatic heterocycles. The summed E-state index contributed by atoms with van der Waals surface area (Å²) < 4.78 is 154. The summed E-state index contributed by atoms with van der Waals surface area (Å²) in [7, 11) is 3.35. The first-order chi connectivity index (χ1) is 38.2. The van der Waals surface area contributed by atoms with Crippen molar-refractivity contribution in [2.24, 2.45) is 21.6 Å². The van der Waals surface area contributed by atoms with E-state index in [0.29, 0.717) is 62.8 Å². The van der Waals surface area contributed by atoms with Crippen LogP contribution in [0.2, 0.25) is 0 Å². The molecule has 3 aromatic carbocycles. The van der Waals surface area contributed by atoms with Crippen LogP contribution >= 0.6 is 0 Å². The number of amides is 5. The minimum absolute atomic E-state index is 0.0461. The predicted molar refractivity (Wildman–Crippen MR) is 278 cm³/mol. The second-order valence-corrected chi connectivity index (χ2v) is 20.1. The van der Waals surface area contributed by atoms with Crippen molar-refractivity contribution in [1.29, 1.82) is 0 Å². The molecule has 1 aromatic heterocycles. The quantitative estimate of drug-likeness (QED) is 0.0175. The van der Waals surface area contributed by atoms with Gasteiger partial charge >= 0.3 is 31.1 Å². The molecule has 0 fully saturated rings. The van der Waals surface area contributed by atoms with Crippen LogP contribution in [-0.4, -0.2) is 145 Å². The molecule has 0 saturated carbocycles. The molecule has 18 nitrogen and oxygen atoms in total. The number of nitrogens with zero attached hydrogens (tertiary/aromatic N) is 5. The van der Waals surface area contributed by atoms with E-state index in [4.69, 9.17) is 5.73 Å². The van der Waals surface area contributed by atoms with Crippen LogP contribution in [0.25, 0.3) is 17.0 Å². The van der Waals surface area contributed by atoms with Crippen LogP contribution in [0.5, 0.6) is 0 Å². The summed E-state index contributed by atoms with van der Waals surface area (Å²) in [6, 6.07) is 8.36. The van der Waals surface area contributed by atoms with Gasteiger partial charge < -0.3 is 51.0 Å². The second kappa shape index (κ2) is 27.1. The smallest absolute Gasteiger partial charge is 0.407 e. The van der Waals surface area contributed by atoms with Crippen LogP contribution in [0.3, 0.4) is 0 Å². The molecule has 0 aliphatic carbocycles. The molecule has 5 rings (SSSR count). The second-order valence-electron chi connectivity index (χ2n) is 20.1. The van der Waals surface area contributed by atoms with E-state index in [1.54, 1.807) is 47.0 Å². The van der Waals surface area contributed by atoms with Gasteiger partial charge in [0.2, 0.25) is 17.7 Å². The van der Waals surface area contributed by atoms with Crippen molar-refractivity contribution in [3.63, 3.8) is 0 Å². The first-order valence-corrected chi connectivity index (χ1v) is 24.8. The number of alkyl carbamates (subject to hydrolysis) is 2. The Bertz CT molecular complexity index is 3040.